The van der Waals surface area contributed by atoms with Crippen LogP contribution in [-0.2, 0) is 6.54 Å². The van der Waals surface area contributed by atoms with Crippen LogP contribution in [-0.4, -0.2) is 20.8 Å². The number of carbonyl (C=O) groups excluding carboxylic acids is 1. The average Bonchev–Trinajstić information content (AvgIpc) is 3.16. The van der Waals surface area contributed by atoms with E-state index in [0.29, 0.717) is 24.3 Å². The summed E-state index contributed by atoms with van der Waals surface area (Å²) in [4.78, 5) is 12.5. The van der Waals surface area contributed by atoms with Crippen LogP contribution in [0.25, 0.3) is 11.3 Å². The van der Waals surface area contributed by atoms with Gasteiger partial charge < -0.3 is 9.84 Å². The molecule has 0 saturated heterocycles. The van der Waals surface area contributed by atoms with Crippen molar-refractivity contribution in [3.05, 3.63) is 59.5 Å². The lowest BCUT2D eigenvalue weighted by molar-refractivity contribution is 0.0941. The van der Waals surface area contributed by atoms with E-state index in [4.69, 9.17) is 9.62 Å². The lowest BCUT2D eigenvalue weighted by Crippen LogP contribution is -2.23. The first-order valence-corrected chi connectivity index (χ1v) is 10.2. The van der Waals surface area contributed by atoms with Crippen LogP contribution >= 0.6 is 0 Å². The zero-order valence-corrected chi connectivity index (χ0v) is 15.8. The molecular formula is C22H24N4O2. The molecule has 0 unspecified atom stereocenters. The second-order valence-corrected chi connectivity index (χ2v) is 7.84. The van der Waals surface area contributed by atoms with Gasteiger partial charge in [-0.1, -0.05) is 48.3 Å². The predicted octanol–water partition coefficient (Wildman–Crippen LogP) is 4.46. The van der Waals surface area contributed by atoms with Crippen molar-refractivity contribution in [2.75, 3.05) is 0 Å². The lowest BCUT2D eigenvalue weighted by atomic mass is 10.1. The van der Waals surface area contributed by atoms with Crippen LogP contribution in [0.1, 0.15) is 72.4 Å². The largest absolute Gasteiger partial charge is 0.355 e. The van der Waals surface area contributed by atoms with Gasteiger partial charge in [-0.25, -0.2) is 0 Å². The summed E-state index contributed by atoms with van der Waals surface area (Å²) in [6, 6.07) is 14.0. The molecule has 6 heteroatoms. The van der Waals surface area contributed by atoms with Crippen LogP contribution in [0.15, 0.2) is 47.0 Å². The van der Waals surface area contributed by atoms with Crippen molar-refractivity contribution in [3.8, 4) is 11.3 Å². The summed E-state index contributed by atoms with van der Waals surface area (Å²) >= 11 is 0. The van der Waals surface area contributed by atoms with Crippen molar-refractivity contribution >= 4 is 5.91 Å². The molecule has 1 aromatic carbocycles. The highest BCUT2D eigenvalue weighted by molar-refractivity contribution is 5.93. The Kier molecular flexibility index (Phi) is 4.47. The Morgan fingerprint density at radius 3 is 2.64 bits per heavy atom. The maximum atomic E-state index is 12.5. The third kappa shape index (κ3) is 3.46. The van der Waals surface area contributed by atoms with E-state index in [1.807, 2.05) is 30.3 Å². The Hall–Kier alpha value is -2.89. The minimum atomic E-state index is -0.241. The smallest absolute Gasteiger partial charge is 0.273 e. The Balaban J connectivity index is 1.27. The topological polar surface area (TPSA) is 73.0 Å². The van der Waals surface area contributed by atoms with Gasteiger partial charge in [-0.05, 0) is 31.7 Å². The molecule has 5 rings (SSSR count). The Bertz CT molecular complexity index is 966. The number of hydrogen-bond donors (Lipinski definition) is 1. The second kappa shape index (κ2) is 7.26. The van der Waals surface area contributed by atoms with Crippen LogP contribution in [0, 0.1) is 0 Å². The molecule has 2 saturated carbocycles. The van der Waals surface area contributed by atoms with Gasteiger partial charge in [-0.2, -0.15) is 5.10 Å². The van der Waals surface area contributed by atoms with Gasteiger partial charge in [0.15, 0.2) is 11.5 Å². The second-order valence-electron chi connectivity index (χ2n) is 7.84. The maximum absolute atomic E-state index is 12.5. The molecule has 3 aromatic rings. The SMILES string of the molecule is O=C(NCc1cc(C2CC2)n(C2CCCC2)n1)c1cc(-c2ccccc2)on1. The molecule has 6 nitrogen and oxygen atoms in total. The number of benzene rings is 1. The molecule has 0 aliphatic heterocycles. The quantitative estimate of drug-likeness (QED) is 0.689. The van der Waals surface area contributed by atoms with E-state index in [0.717, 1.165) is 11.3 Å². The van der Waals surface area contributed by atoms with Gasteiger partial charge in [0.25, 0.3) is 5.91 Å². The van der Waals surface area contributed by atoms with Crippen LogP contribution in [0.2, 0.25) is 0 Å². The first-order valence-electron chi connectivity index (χ1n) is 10.2. The summed E-state index contributed by atoms with van der Waals surface area (Å²) in [5, 5.41) is 11.7. The van der Waals surface area contributed by atoms with E-state index >= 15 is 0 Å². The molecule has 0 atom stereocenters. The standard InChI is InChI=1S/C22H24N4O2/c27-22(19-13-21(28-25-19)16-6-2-1-3-7-16)23-14-17-12-20(15-10-11-15)26(24-17)18-8-4-5-9-18/h1-3,6-7,12-13,15,18H,4-5,8-11,14H2,(H,23,27). The van der Waals surface area contributed by atoms with Gasteiger partial charge in [0.1, 0.15) is 0 Å². The molecule has 2 aliphatic carbocycles. The van der Waals surface area contributed by atoms with Gasteiger partial charge in [-0.15, -0.1) is 0 Å². The van der Waals surface area contributed by atoms with Crippen molar-refractivity contribution in [2.45, 2.75) is 57.0 Å². The summed E-state index contributed by atoms with van der Waals surface area (Å²) in [7, 11) is 0. The van der Waals surface area contributed by atoms with E-state index in [1.165, 1.54) is 44.2 Å². The van der Waals surface area contributed by atoms with Crippen LogP contribution in [0.3, 0.4) is 0 Å². The fraction of sp³-hybridized carbons (Fsp3) is 0.409. The fourth-order valence-electron chi connectivity index (χ4n) is 4.06. The van der Waals surface area contributed by atoms with Gasteiger partial charge in [-0.3, -0.25) is 9.48 Å². The van der Waals surface area contributed by atoms with Crippen LogP contribution in [0.4, 0.5) is 0 Å². The molecule has 1 amide bonds. The summed E-state index contributed by atoms with van der Waals surface area (Å²) < 4.78 is 7.57. The van der Waals surface area contributed by atoms with Crippen molar-refractivity contribution < 1.29 is 9.32 Å². The molecule has 2 aliphatic rings. The van der Waals surface area contributed by atoms with E-state index in [-0.39, 0.29) is 11.6 Å². The molecule has 144 valence electrons. The van der Waals surface area contributed by atoms with E-state index in [9.17, 15) is 4.79 Å². The highest BCUT2D eigenvalue weighted by Gasteiger charge is 2.31. The van der Waals surface area contributed by atoms with E-state index < -0.39 is 0 Å². The molecule has 2 fully saturated rings. The van der Waals surface area contributed by atoms with Crippen molar-refractivity contribution in [2.24, 2.45) is 0 Å². The van der Waals surface area contributed by atoms with E-state index in [1.54, 1.807) is 6.07 Å². The molecule has 0 bridgehead atoms. The number of aromatic nitrogens is 3. The van der Waals surface area contributed by atoms with Crippen LogP contribution in [0.5, 0.6) is 0 Å². The zero-order valence-electron chi connectivity index (χ0n) is 15.8. The number of carbonyl (C=O) groups is 1. The van der Waals surface area contributed by atoms with Gasteiger partial charge in [0.2, 0.25) is 0 Å². The summed E-state index contributed by atoms with van der Waals surface area (Å²) in [6.07, 6.45) is 7.52. The first kappa shape index (κ1) is 17.2. The number of nitrogens with one attached hydrogen (secondary N) is 1. The molecule has 2 heterocycles. The van der Waals surface area contributed by atoms with E-state index in [2.05, 4.69) is 21.2 Å². The molecule has 0 radical (unpaired) electrons. The minimum absolute atomic E-state index is 0.241. The molecule has 1 N–H and O–H groups in total. The summed E-state index contributed by atoms with van der Waals surface area (Å²) in [6.45, 7) is 0.409. The number of amides is 1. The zero-order chi connectivity index (χ0) is 18.9. The minimum Gasteiger partial charge on any atom is -0.355 e. The van der Waals surface area contributed by atoms with Gasteiger partial charge in [0.05, 0.1) is 18.3 Å². The Morgan fingerprint density at radius 2 is 1.89 bits per heavy atom. The third-order valence-corrected chi connectivity index (χ3v) is 5.71. The number of rotatable bonds is 6. The van der Waals surface area contributed by atoms with Crippen molar-refractivity contribution in [3.63, 3.8) is 0 Å². The van der Waals surface area contributed by atoms with Crippen molar-refractivity contribution in [1.29, 1.82) is 0 Å². The molecule has 2 aromatic heterocycles. The number of nitrogens with zero attached hydrogens (tertiary/aromatic N) is 3. The lowest BCUT2D eigenvalue weighted by Gasteiger charge is -2.13. The third-order valence-electron chi connectivity index (χ3n) is 5.71. The van der Waals surface area contributed by atoms with Crippen LogP contribution < -0.4 is 5.32 Å². The van der Waals surface area contributed by atoms with Gasteiger partial charge >= 0.3 is 0 Å². The summed E-state index contributed by atoms with van der Waals surface area (Å²) in [5.74, 6) is 1.00. The predicted molar refractivity (Wildman–Crippen MR) is 105 cm³/mol. The monoisotopic (exact) mass is 376 g/mol. The average molecular weight is 376 g/mol. The Morgan fingerprint density at radius 1 is 1.11 bits per heavy atom. The highest BCUT2D eigenvalue weighted by Crippen LogP contribution is 2.43. The maximum Gasteiger partial charge on any atom is 0.273 e. The fourth-order valence-corrected chi connectivity index (χ4v) is 4.06. The highest BCUT2D eigenvalue weighted by atomic mass is 16.5. The summed E-state index contributed by atoms with van der Waals surface area (Å²) in [5.41, 5.74) is 3.47. The Labute approximate surface area is 163 Å². The first-order chi connectivity index (χ1) is 13.8. The molecule has 0 spiro atoms. The molecular weight excluding hydrogens is 352 g/mol. The number of hydrogen-bond acceptors (Lipinski definition) is 4. The van der Waals surface area contributed by atoms with Gasteiger partial charge in [0, 0.05) is 23.2 Å². The normalized spacial score (nSPS) is 17.1. The molecule has 28 heavy (non-hydrogen) atoms. The van der Waals surface area contributed by atoms with Crippen molar-refractivity contribution in [1.82, 2.24) is 20.3 Å².